The van der Waals surface area contributed by atoms with Gasteiger partial charge >= 0.3 is 0 Å². The summed E-state index contributed by atoms with van der Waals surface area (Å²) in [7, 11) is 0. The molecule has 0 atom stereocenters. The van der Waals surface area contributed by atoms with E-state index in [0.717, 1.165) is 0 Å². The molecule has 0 fully saturated rings. The van der Waals surface area contributed by atoms with E-state index in [1.807, 2.05) is 0 Å². The highest BCUT2D eigenvalue weighted by molar-refractivity contribution is 6.42. The molecule has 0 unspecified atom stereocenters. The van der Waals surface area contributed by atoms with Crippen molar-refractivity contribution in [2.24, 2.45) is 0 Å². The first-order chi connectivity index (χ1) is 10.6. The van der Waals surface area contributed by atoms with E-state index < -0.39 is 0 Å². The smallest absolute Gasteiger partial charge is 0.194 e. The van der Waals surface area contributed by atoms with Gasteiger partial charge in [0.25, 0.3) is 0 Å². The Morgan fingerprint density at radius 1 is 0.955 bits per heavy atom. The van der Waals surface area contributed by atoms with Crippen LogP contribution < -0.4 is 0 Å². The van der Waals surface area contributed by atoms with Crippen LogP contribution in [0.2, 0.25) is 10.0 Å². The Labute approximate surface area is 136 Å². The summed E-state index contributed by atoms with van der Waals surface area (Å²) in [5.74, 6) is -0.555. The summed E-state index contributed by atoms with van der Waals surface area (Å²) >= 11 is 11.8. The minimum absolute atomic E-state index is 0.200. The molecule has 2 aromatic carbocycles. The van der Waals surface area contributed by atoms with Gasteiger partial charge in [-0.3, -0.25) is 4.79 Å². The first-order valence-electron chi connectivity index (χ1n) is 6.49. The fourth-order valence-electron chi connectivity index (χ4n) is 2.15. The monoisotopic (exact) mass is 333 g/mol. The topological polar surface area (TPSA) is 22.0 Å². The van der Waals surface area contributed by atoms with Crippen molar-refractivity contribution >= 4 is 29.0 Å². The van der Waals surface area contributed by atoms with Crippen LogP contribution in [0.5, 0.6) is 0 Å². The van der Waals surface area contributed by atoms with Crippen molar-refractivity contribution in [3.8, 4) is 5.69 Å². The summed E-state index contributed by atoms with van der Waals surface area (Å²) in [4.78, 5) is 12.4. The second-order valence-electron chi connectivity index (χ2n) is 4.72. The van der Waals surface area contributed by atoms with Crippen molar-refractivity contribution in [3.05, 3.63) is 87.9 Å². The van der Waals surface area contributed by atoms with Gasteiger partial charge in [-0.2, -0.15) is 0 Å². The minimum atomic E-state index is -0.355. The molecule has 1 heterocycles. The van der Waals surface area contributed by atoms with Crippen LogP contribution in [0.15, 0.2) is 60.9 Å². The second-order valence-corrected chi connectivity index (χ2v) is 5.53. The van der Waals surface area contributed by atoms with Gasteiger partial charge in [0, 0.05) is 23.5 Å². The zero-order valence-corrected chi connectivity index (χ0v) is 12.8. The molecule has 3 rings (SSSR count). The molecule has 22 heavy (non-hydrogen) atoms. The first-order valence-corrected chi connectivity index (χ1v) is 7.24. The number of halogens is 3. The Morgan fingerprint density at radius 3 is 2.45 bits per heavy atom. The van der Waals surface area contributed by atoms with Crippen molar-refractivity contribution < 1.29 is 9.18 Å². The zero-order valence-electron chi connectivity index (χ0n) is 11.3. The van der Waals surface area contributed by atoms with Gasteiger partial charge in [0.05, 0.1) is 15.7 Å². The molecule has 0 amide bonds. The fraction of sp³-hybridized carbons (Fsp3) is 0. The molecule has 0 spiro atoms. The minimum Gasteiger partial charge on any atom is -0.321 e. The number of rotatable bonds is 3. The maximum absolute atomic E-state index is 13.8. The van der Waals surface area contributed by atoms with E-state index in [1.165, 1.54) is 12.1 Å². The SMILES string of the molecule is O=C(c1ccc(Cl)c(Cl)c1)c1ccn(-c2ccccc2F)c1. The standard InChI is InChI=1S/C17H10Cl2FNO/c18-13-6-5-11(9-14(13)19)17(22)12-7-8-21(10-12)16-4-2-1-3-15(16)20/h1-10H. The number of hydrogen-bond donors (Lipinski definition) is 0. The number of ketones is 1. The number of nitrogens with zero attached hydrogens (tertiary/aromatic N) is 1. The molecule has 0 aliphatic carbocycles. The third-order valence-corrected chi connectivity index (χ3v) is 4.01. The van der Waals surface area contributed by atoms with Crippen LogP contribution in [0.25, 0.3) is 5.69 Å². The summed E-state index contributed by atoms with van der Waals surface area (Å²) in [6.07, 6.45) is 3.23. The molecule has 0 aliphatic heterocycles. The third kappa shape index (κ3) is 2.78. The summed E-state index contributed by atoms with van der Waals surface area (Å²) < 4.78 is 15.3. The molecule has 0 aliphatic rings. The van der Waals surface area contributed by atoms with Gasteiger partial charge in [-0.05, 0) is 36.4 Å². The number of para-hydroxylation sites is 1. The fourth-order valence-corrected chi connectivity index (χ4v) is 2.44. The molecule has 0 radical (unpaired) electrons. The molecule has 0 saturated carbocycles. The lowest BCUT2D eigenvalue weighted by molar-refractivity contribution is 0.103. The maximum Gasteiger partial charge on any atom is 0.194 e. The highest BCUT2D eigenvalue weighted by atomic mass is 35.5. The van der Waals surface area contributed by atoms with Gasteiger partial charge < -0.3 is 4.57 Å². The average Bonchev–Trinajstić information content (AvgIpc) is 2.99. The molecule has 0 N–H and O–H groups in total. The molecule has 110 valence electrons. The second kappa shape index (κ2) is 5.95. The molecular weight excluding hydrogens is 324 g/mol. The lowest BCUT2D eigenvalue weighted by Crippen LogP contribution is -2.00. The predicted octanol–water partition coefficient (Wildman–Crippen LogP) is 5.15. The van der Waals surface area contributed by atoms with Crippen molar-refractivity contribution in [1.82, 2.24) is 4.57 Å². The van der Waals surface area contributed by atoms with E-state index >= 15 is 0 Å². The highest BCUT2D eigenvalue weighted by Gasteiger charge is 2.13. The Morgan fingerprint density at radius 2 is 1.73 bits per heavy atom. The van der Waals surface area contributed by atoms with Crippen LogP contribution in [0.3, 0.4) is 0 Å². The third-order valence-electron chi connectivity index (χ3n) is 3.27. The van der Waals surface area contributed by atoms with Crippen LogP contribution >= 0.6 is 23.2 Å². The highest BCUT2D eigenvalue weighted by Crippen LogP contribution is 2.24. The Bertz CT molecular complexity index is 857. The average molecular weight is 334 g/mol. The Hall–Kier alpha value is -2.10. The van der Waals surface area contributed by atoms with Crippen LogP contribution in [0.4, 0.5) is 4.39 Å². The lowest BCUT2D eigenvalue weighted by Gasteiger charge is -2.04. The van der Waals surface area contributed by atoms with Gasteiger partial charge in [0.2, 0.25) is 0 Å². The number of carbonyl (C=O) groups is 1. The van der Waals surface area contributed by atoms with Gasteiger partial charge in [-0.25, -0.2) is 4.39 Å². The van der Waals surface area contributed by atoms with E-state index in [9.17, 15) is 9.18 Å². The molecular formula is C17H10Cl2FNO. The maximum atomic E-state index is 13.8. The molecule has 2 nitrogen and oxygen atoms in total. The lowest BCUT2D eigenvalue weighted by atomic mass is 10.1. The molecule has 3 aromatic rings. The number of carbonyl (C=O) groups excluding carboxylic acids is 1. The summed E-state index contributed by atoms with van der Waals surface area (Å²) in [6.45, 7) is 0. The largest absolute Gasteiger partial charge is 0.321 e. The van der Waals surface area contributed by atoms with Crippen molar-refractivity contribution in [2.75, 3.05) is 0 Å². The quantitative estimate of drug-likeness (QED) is 0.607. The van der Waals surface area contributed by atoms with E-state index in [0.29, 0.717) is 26.9 Å². The van der Waals surface area contributed by atoms with Crippen LogP contribution in [0, 0.1) is 5.82 Å². The van der Waals surface area contributed by atoms with Crippen LogP contribution in [-0.2, 0) is 0 Å². The molecule has 0 saturated heterocycles. The van der Waals surface area contributed by atoms with Gasteiger partial charge in [0.15, 0.2) is 5.78 Å². The molecule has 0 bridgehead atoms. The van der Waals surface area contributed by atoms with Crippen molar-refractivity contribution in [1.29, 1.82) is 0 Å². The van der Waals surface area contributed by atoms with Gasteiger partial charge in [0.1, 0.15) is 5.82 Å². The first kappa shape index (κ1) is 14.8. The number of hydrogen-bond acceptors (Lipinski definition) is 1. The van der Waals surface area contributed by atoms with Gasteiger partial charge in [-0.15, -0.1) is 0 Å². The number of aromatic nitrogens is 1. The van der Waals surface area contributed by atoms with E-state index in [4.69, 9.17) is 23.2 Å². The Kier molecular flexibility index (Phi) is 4.01. The molecule has 1 aromatic heterocycles. The van der Waals surface area contributed by atoms with Crippen molar-refractivity contribution in [3.63, 3.8) is 0 Å². The van der Waals surface area contributed by atoms with E-state index in [-0.39, 0.29) is 11.6 Å². The van der Waals surface area contributed by atoms with Crippen LogP contribution in [0.1, 0.15) is 15.9 Å². The summed E-state index contributed by atoms with van der Waals surface area (Å²) in [5, 5.41) is 0.711. The zero-order chi connectivity index (χ0) is 15.7. The van der Waals surface area contributed by atoms with Gasteiger partial charge in [-0.1, -0.05) is 35.3 Å². The number of benzene rings is 2. The van der Waals surface area contributed by atoms with E-state index in [2.05, 4.69) is 0 Å². The summed E-state index contributed by atoms with van der Waals surface area (Å²) in [6, 6.07) is 12.7. The Balaban J connectivity index is 1.95. The van der Waals surface area contributed by atoms with Crippen molar-refractivity contribution in [2.45, 2.75) is 0 Å². The van der Waals surface area contributed by atoms with Crippen LogP contribution in [-0.4, -0.2) is 10.4 Å². The summed E-state index contributed by atoms with van der Waals surface area (Å²) in [5.41, 5.74) is 1.26. The molecule has 5 heteroatoms. The normalized spacial score (nSPS) is 10.7. The van der Waals surface area contributed by atoms with E-state index in [1.54, 1.807) is 53.4 Å². The predicted molar refractivity (Wildman–Crippen MR) is 85.6 cm³/mol.